The van der Waals surface area contributed by atoms with Crippen LogP contribution in [0, 0.1) is 0 Å². The van der Waals surface area contributed by atoms with Crippen LogP contribution in [0.25, 0.3) is 22.7 Å². The standard InChI is InChI=1S/C28H31N5O7/c1-5-39-23(35)12-11-22(27(38)40-6-2)31-25(36)19-9-7-18(8-10-19)13-16(3)20-14-21-24(29-15-20)32-28(30-17(4)34)33-26(21)37/h7-10,13-15,22H,5-6,11-12H2,1-4H3,(H,31,36)(H2,29,30,32,33,34,37)/t22-/m1/s1. The first-order valence-corrected chi connectivity index (χ1v) is 12.7. The average molecular weight is 550 g/mol. The van der Waals surface area contributed by atoms with E-state index >= 15 is 0 Å². The minimum absolute atomic E-state index is 0.0224. The number of nitrogens with one attached hydrogen (secondary N) is 3. The molecule has 0 aliphatic heterocycles. The topological polar surface area (TPSA) is 169 Å². The first-order chi connectivity index (χ1) is 19.1. The van der Waals surface area contributed by atoms with Gasteiger partial charge >= 0.3 is 11.9 Å². The van der Waals surface area contributed by atoms with Crippen LogP contribution in [0.3, 0.4) is 0 Å². The quantitative estimate of drug-likeness (QED) is 0.304. The zero-order chi connectivity index (χ0) is 29.2. The van der Waals surface area contributed by atoms with E-state index in [0.29, 0.717) is 11.1 Å². The van der Waals surface area contributed by atoms with Crippen LogP contribution in [-0.2, 0) is 23.9 Å². The number of H-pyrrole nitrogens is 1. The Bertz CT molecular complexity index is 1500. The number of carbonyl (C=O) groups is 4. The van der Waals surface area contributed by atoms with Crippen molar-refractivity contribution in [1.82, 2.24) is 20.3 Å². The number of esters is 2. The minimum Gasteiger partial charge on any atom is -0.466 e. The van der Waals surface area contributed by atoms with Crippen LogP contribution in [0.15, 0.2) is 41.3 Å². The number of aromatic amines is 1. The lowest BCUT2D eigenvalue weighted by molar-refractivity contribution is -0.146. The predicted octanol–water partition coefficient (Wildman–Crippen LogP) is 2.84. The largest absolute Gasteiger partial charge is 0.466 e. The van der Waals surface area contributed by atoms with Crippen LogP contribution in [0.2, 0.25) is 0 Å². The highest BCUT2D eigenvalue weighted by molar-refractivity contribution is 5.97. The van der Waals surface area contributed by atoms with Gasteiger partial charge in [-0.15, -0.1) is 0 Å². The molecule has 12 heteroatoms. The molecule has 2 amide bonds. The van der Waals surface area contributed by atoms with Gasteiger partial charge in [0.25, 0.3) is 11.5 Å². The minimum atomic E-state index is -0.994. The van der Waals surface area contributed by atoms with E-state index in [0.717, 1.165) is 11.1 Å². The highest BCUT2D eigenvalue weighted by Gasteiger charge is 2.24. The van der Waals surface area contributed by atoms with Gasteiger partial charge in [-0.3, -0.25) is 29.5 Å². The van der Waals surface area contributed by atoms with Crippen molar-refractivity contribution in [2.75, 3.05) is 18.5 Å². The molecule has 0 spiro atoms. The first-order valence-electron chi connectivity index (χ1n) is 12.7. The third kappa shape index (κ3) is 8.06. The van der Waals surface area contributed by atoms with Gasteiger partial charge in [-0.1, -0.05) is 18.2 Å². The number of rotatable bonds is 11. The molecule has 0 radical (unpaired) electrons. The van der Waals surface area contributed by atoms with Gasteiger partial charge in [0.05, 0.1) is 18.6 Å². The van der Waals surface area contributed by atoms with E-state index in [2.05, 4.69) is 25.6 Å². The van der Waals surface area contributed by atoms with E-state index in [9.17, 15) is 24.0 Å². The van der Waals surface area contributed by atoms with Crippen molar-refractivity contribution >= 4 is 52.4 Å². The normalized spacial score (nSPS) is 11.9. The van der Waals surface area contributed by atoms with Crippen LogP contribution in [-0.4, -0.2) is 58.0 Å². The van der Waals surface area contributed by atoms with Crippen molar-refractivity contribution in [3.8, 4) is 0 Å². The SMILES string of the molecule is CCOC(=O)CC[C@@H](NC(=O)c1ccc(C=C(C)c2cnc3nc(NC(C)=O)[nH]c(=O)c3c2)cc1)C(=O)OCC. The summed E-state index contributed by atoms with van der Waals surface area (Å²) in [5.41, 5.74) is 2.36. The number of allylic oxidation sites excluding steroid dienone is 1. The van der Waals surface area contributed by atoms with Gasteiger partial charge in [0.15, 0.2) is 5.65 Å². The van der Waals surface area contributed by atoms with Crippen LogP contribution in [0.5, 0.6) is 0 Å². The molecule has 2 heterocycles. The highest BCUT2D eigenvalue weighted by Crippen LogP contribution is 2.20. The Balaban J connectivity index is 1.73. The molecule has 0 saturated carbocycles. The number of hydrogen-bond acceptors (Lipinski definition) is 9. The molecule has 1 atom stereocenters. The molecule has 0 aliphatic carbocycles. The molecular formula is C28H31N5O7. The van der Waals surface area contributed by atoms with Crippen molar-refractivity contribution in [1.29, 1.82) is 0 Å². The number of fused-ring (bicyclic) bond motifs is 1. The Kier molecular flexibility index (Phi) is 10.2. The molecule has 0 unspecified atom stereocenters. The van der Waals surface area contributed by atoms with Crippen LogP contribution in [0.4, 0.5) is 5.95 Å². The number of carbonyl (C=O) groups excluding carboxylic acids is 4. The van der Waals surface area contributed by atoms with E-state index < -0.39 is 29.4 Å². The molecule has 12 nitrogen and oxygen atoms in total. The number of aromatic nitrogens is 3. The summed E-state index contributed by atoms with van der Waals surface area (Å²) >= 11 is 0. The fraction of sp³-hybridized carbons (Fsp3) is 0.321. The fourth-order valence-corrected chi connectivity index (χ4v) is 3.76. The molecule has 2 aromatic heterocycles. The second-order valence-electron chi connectivity index (χ2n) is 8.76. The lowest BCUT2D eigenvalue weighted by Gasteiger charge is -2.17. The van der Waals surface area contributed by atoms with Gasteiger partial charge in [0.2, 0.25) is 11.9 Å². The monoisotopic (exact) mass is 549 g/mol. The summed E-state index contributed by atoms with van der Waals surface area (Å²) in [6.07, 6.45) is 3.45. The number of benzene rings is 1. The lowest BCUT2D eigenvalue weighted by Crippen LogP contribution is -2.42. The third-order valence-corrected chi connectivity index (χ3v) is 5.69. The zero-order valence-electron chi connectivity index (χ0n) is 22.7. The molecule has 3 rings (SSSR count). The Morgan fingerprint density at radius 1 is 1.02 bits per heavy atom. The molecule has 210 valence electrons. The number of ether oxygens (including phenoxy) is 2. The summed E-state index contributed by atoms with van der Waals surface area (Å²) in [7, 11) is 0. The summed E-state index contributed by atoms with van der Waals surface area (Å²) in [5, 5.41) is 5.33. The van der Waals surface area contributed by atoms with Crippen molar-refractivity contribution in [3.05, 3.63) is 63.6 Å². The van der Waals surface area contributed by atoms with E-state index in [1.54, 1.807) is 50.4 Å². The van der Waals surface area contributed by atoms with Gasteiger partial charge in [0, 0.05) is 25.1 Å². The van der Waals surface area contributed by atoms with E-state index in [4.69, 9.17) is 9.47 Å². The summed E-state index contributed by atoms with van der Waals surface area (Å²) in [5.74, 6) is -1.92. The van der Waals surface area contributed by atoms with Gasteiger partial charge < -0.3 is 14.8 Å². The molecule has 0 saturated heterocycles. The van der Waals surface area contributed by atoms with Crippen LogP contribution < -0.4 is 16.2 Å². The molecule has 0 bridgehead atoms. The summed E-state index contributed by atoms with van der Waals surface area (Å²) in [6.45, 7) is 6.87. The maximum atomic E-state index is 12.8. The van der Waals surface area contributed by atoms with Gasteiger partial charge in [-0.05, 0) is 62.1 Å². The number of nitrogens with zero attached hydrogens (tertiary/aromatic N) is 2. The highest BCUT2D eigenvalue weighted by atomic mass is 16.5. The van der Waals surface area contributed by atoms with Crippen molar-refractivity contribution in [2.45, 2.75) is 46.6 Å². The zero-order valence-corrected chi connectivity index (χ0v) is 22.7. The van der Waals surface area contributed by atoms with E-state index in [-0.39, 0.29) is 48.9 Å². The van der Waals surface area contributed by atoms with Crippen molar-refractivity contribution < 1.29 is 28.7 Å². The Labute approximate surface area is 230 Å². The van der Waals surface area contributed by atoms with Crippen molar-refractivity contribution in [2.24, 2.45) is 0 Å². The molecule has 1 aromatic carbocycles. The number of amides is 2. The number of anilines is 1. The second-order valence-corrected chi connectivity index (χ2v) is 8.76. The van der Waals surface area contributed by atoms with E-state index in [1.165, 1.54) is 6.92 Å². The van der Waals surface area contributed by atoms with Crippen molar-refractivity contribution in [3.63, 3.8) is 0 Å². The van der Waals surface area contributed by atoms with Gasteiger partial charge in [-0.25, -0.2) is 9.78 Å². The van der Waals surface area contributed by atoms with Crippen LogP contribution >= 0.6 is 0 Å². The number of hydrogen-bond donors (Lipinski definition) is 3. The molecule has 0 fully saturated rings. The lowest BCUT2D eigenvalue weighted by atomic mass is 10.0. The summed E-state index contributed by atoms with van der Waals surface area (Å²) in [4.78, 5) is 71.5. The predicted molar refractivity (Wildman–Crippen MR) is 148 cm³/mol. The first kappa shape index (κ1) is 29.7. The summed E-state index contributed by atoms with van der Waals surface area (Å²) in [6, 6.07) is 7.35. The third-order valence-electron chi connectivity index (χ3n) is 5.69. The average Bonchev–Trinajstić information content (AvgIpc) is 2.91. The Morgan fingerprint density at radius 2 is 1.73 bits per heavy atom. The molecule has 40 heavy (non-hydrogen) atoms. The van der Waals surface area contributed by atoms with E-state index in [1.807, 2.05) is 13.0 Å². The fourth-order valence-electron chi connectivity index (χ4n) is 3.76. The molecule has 3 aromatic rings. The maximum Gasteiger partial charge on any atom is 0.328 e. The maximum absolute atomic E-state index is 12.8. The summed E-state index contributed by atoms with van der Waals surface area (Å²) < 4.78 is 9.93. The van der Waals surface area contributed by atoms with Gasteiger partial charge in [-0.2, -0.15) is 4.98 Å². The van der Waals surface area contributed by atoms with Crippen LogP contribution in [0.1, 0.15) is 62.0 Å². The smallest absolute Gasteiger partial charge is 0.328 e. The molecular weight excluding hydrogens is 518 g/mol. The Hall–Kier alpha value is -4.87. The number of pyridine rings is 1. The molecule has 0 aliphatic rings. The second kappa shape index (κ2) is 13.8. The van der Waals surface area contributed by atoms with Gasteiger partial charge in [0.1, 0.15) is 6.04 Å². The molecule has 3 N–H and O–H groups in total. The Morgan fingerprint density at radius 3 is 2.38 bits per heavy atom.